The predicted molar refractivity (Wildman–Crippen MR) is 99.4 cm³/mol. The molecule has 2 aromatic heterocycles. The average Bonchev–Trinajstić information content (AvgIpc) is 3.43. The summed E-state index contributed by atoms with van der Waals surface area (Å²) >= 11 is 0. The van der Waals surface area contributed by atoms with E-state index in [1.54, 1.807) is 16.8 Å². The van der Waals surface area contributed by atoms with E-state index in [2.05, 4.69) is 10.4 Å². The zero-order chi connectivity index (χ0) is 18.3. The predicted octanol–water partition coefficient (Wildman–Crippen LogP) is 2.83. The smallest absolute Gasteiger partial charge is 0.252 e. The lowest BCUT2D eigenvalue weighted by atomic mass is 10.1. The highest BCUT2D eigenvalue weighted by Gasteiger charge is 2.28. The average molecular weight is 350 g/mol. The number of aromatic hydroxyl groups is 1. The van der Waals surface area contributed by atoms with Crippen molar-refractivity contribution < 1.29 is 9.90 Å². The van der Waals surface area contributed by atoms with Crippen LogP contribution >= 0.6 is 0 Å². The second-order valence-electron chi connectivity index (χ2n) is 6.91. The highest BCUT2D eigenvalue weighted by Crippen LogP contribution is 2.40. The van der Waals surface area contributed by atoms with Crippen LogP contribution in [0.15, 0.2) is 30.3 Å². The fraction of sp³-hybridized carbons (Fsp3) is 0.350. The van der Waals surface area contributed by atoms with Gasteiger partial charge >= 0.3 is 0 Å². The molecule has 1 saturated carbocycles. The molecule has 0 atom stereocenters. The number of nitrogens with zero attached hydrogens (tertiary/aromatic N) is 3. The van der Waals surface area contributed by atoms with Crippen molar-refractivity contribution in [2.45, 2.75) is 32.1 Å². The Balaban J connectivity index is 1.59. The van der Waals surface area contributed by atoms with Crippen LogP contribution in [0, 0.1) is 6.92 Å². The number of nitrogens with one attached hydrogen (secondary N) is 1. The summed E-state index contributed by atoms with van der Waals surface area (Å²) in [5.74, 6) is 0.598. The van der Waals surface area contributed by atoms with E-state index in [0.29, 0.717) is 24.4 Å². The molecule has 2 heterocycles. The fourth-order valence-corrected chi connectivity index (χ4v) is 3.36. The molecule has 26 heavy (non-hydrogen) atoms. The minimum absolute atomic E-state index is 0.120. The first kappa shape index (κ1) is 16.6. The molecule has 0 spiro atoms. The summed E-state index contributed by atoms with van der Waals surface area (Å²) in [5.41, 5.74) is 4.01. The number of aryl methyl sites for hydroxylation is 2. The first-order chi connectivity index (χ1) is 12.5. The van der Waals surface area contributed by atoms with E-state index in [-0.39, 0.29) is 11.7 Å². The number of amides is 1. The number of benzene rings is 1. The van der Waals surface area contributed by atoms with Gasteiger partial charge in [-0.2, -0.15) is 5.10 Å². The summed E-state index contributed by atoms with van der Waals surface area (Å²) in [7, 11) is 1.86. The van der Waals surface area contributed by atoms with Crippen LogP contribution < -0.4 is 5.32 Å². The molecule has 6 nitrogen and oxygen atoms in total. The first-order valence-electron chi connectivity index (χ1n) is 8.94. The topological polar surface area (TPSA) is 80.0 Å². The van der Waals surface area contributed by atoms with Crippen LogP contribution in [0.1, 0.15) is 46.1 Å². The third-order valence-corrected chi connectivity index (χ3v) is 4.90. The third-order valence-electron chi connectivity index (χ3n) is 4.90. The van der Waals surface area contributed by atoms with E-state index in [4.69, 9.17) is 4.98 Å². The Morgan fingerprint density at radius 3 is 2.85 bits per heavy atom. The fourth-order valence-electron chi connectivity index (χ4n) is 3.36. The Morgan fingerprint density at radius 1 is 1.35 bits per heavy atom. The number of aromatic nitrogens is 3. The molecule has 0 aliphatic heterocycles. The van der Waals surface area contributed by atoms with Gasteiger partial charge in [0.05, 0.1) is 16.6 Å². The summed E-state index contributed by atoms with van der Waals surface area (Å²) < 4.78 is 1.75. The van der Waals surface area contributed by atoms with Crippen LogP contribution in [0.25, 0.3) is 11.0 Å². The summed E-state index contributed by atoms with van der Waals surface area (Å²) in [6.45, 7) is 2.36. The summed E-state index contributed by atoms with van der Waals surface area (Å²) in [4.78, 5) is 17.6. The minimum Gasteiger partial charge on any atom is -0.508 e. The second-order valence-corrected chi connectivity index (χ2v) is 6.91. The molecule has 1 amide bonds. The van der Waals surface area contributed by atoms with Crippen molar-refractivity contribution >= 4 is 16.9 Å². The van der Waals surface area contributed by atoms with Gasteiger partial charge in [0.1, 0.15) is 5.75 Å². The number of rotatable bonds is 5. The van der Waals surface area contributed by atoms with Crippen LogP contribution in [0.2, 0.25) is 0 Å². The van der Waals surface area contributed by atoms with Gasteiger partial charge in [0, 0.05) is 25.2 Å². The van der Waals surface area contributed by atoms with Gasteiger partial charge in [-0.1, -0.05) is 18.2 Å². The van der Waals surface area contributed by atoms with E-state index in [1.165, 1.54) is 0 Å². The zero-order valence-corrected chi connectivity index (χ0v) is 15.0. The van der Waals surface area contributed by atoms with Crippen molar-refractivity contribution in [3.8, 4) is 5.75 Å². The Kier molecular flexibility index (Phi) is 4.11. The van der Waals surface area contributed by atoms with Crippen molar-refractivity contribution in [2.24, 2.45) is 7.05 Å². The normalized spacial score (nSPS) is 13.9. The number of fused-ring (bicyclic) bond motifs is 1. The molecule has 134 valence electrons. The molecule has 4 rings (SSSR count). The summed E-state index contributed by atoms with van der Waals surface area (Å²) in [6.07, 6.45) is 2.83. The lowest BCUT2D eigenvalue weighted by molar-refractivity contribution is 0.0955. The van der Waals surface area contributed by atoms with Gasteiger partial charge in [-0.05, 0) is 43.9 Å². The molecule has 2 N–H and O–H groups in total. The van der Waals surface area contributed by atoms with Gasteiger partial charge < -0.3 is 10.4 Å². The molecule has 0 unspecified atom stereocenters. The quantitative estimate of drug-likeness (QED) is 0.741. The molecule has 0 radical (unpaired) electrons. The number of phenols is 1. The Hall–Kier alpha value is -2.89. The molecule has 0 saturated heterocycles. The number of hydrogen-bond donors (Lipinski definition) is 2. The van der Waals surface area contributed by atoms with Crippen molar-refractivity contribution in [2.75, 3.05) is 6.54 Å². The maximum absolute atomic E-state index is 12.9. The van der Waals surface area contributed by atoms with E-state index >= 15 is 0 Å². The standard InChI is InChI=1S/C20H22N4O2/c1-12-18-15(11-16(13-7-8-13)22-19(18)24(2)23-12)20(26)21-10-9-14-5-3-4-6-17(14)25/h3-6,11,13,25H,7-10H2,1-2H3,(H,21,26). The highest BCUT2D eigenvalue weighted by molar-refractivity contribution is 6.06. The van der Waals surface area contributed by atoms with Gasteiger partial charge in [0.15, 0.2) is 5.65 Å². The number of carbonyl (C=O) groups is 1. The molecule has 1 aromatic carbocycles. The zero-order valence-electron chi connectivity index (χ0n) is 15.0. The van der Waals surface area contributed by atoms with Crippen LogP contribution in [0.3, 0.4) is 0 Å². The first-order valence-corrected chi connectivity index (χ1v) is 8.94. The number of phenolic OH excluding ortho intramolecular Hbond substituents is 1. The molecule has 1 aliphatic rings. The summed E-state index contributed by atoms with van der Waals surface area (Å²) in [6, 6.07) is 9.11. The second kappa shape index (κ2) is 6.44. The Labute approximate surface area is 151 Å². The van der Waals surface area contributed by atoms with E-state index < -0.39 is 0 Å². The van der Waals surface area contributed by atoms with Gasteiger partial charge in [0.2, 0.25) is 0 Å². The Morgan fingerprint density at radius 2 is 2.12 bits per heavy atom. The lowest BCUT2D eigenvalue weighted by Gasteiger charge is -2.09. The van der Waals surface area contributed by atoms with Crippen molar-refractivity contribution in [3.05, 3.63) is 52.8 Å². The highest BCUT2D eigenvalue weighted by atomic mass is 16.3. The number of pyridine rings is 1. The SMILES string of the molecule is Cc1nn(C)c2nc(C3CC3)cc(C(=O)NCCc3ccccc3O)c12. The molecule has 1 fully saturated rings. The maximum atomic E-state index is 12.9. The number of hydrogen-bond acceptors (Lipinski definition) is 4. The molecular formula is C20H22N4O2. The third kappa shape index (κ3) is 3.03. The van der Waals surface area contributed by atoms with Crippen LogP contribution in [-0.4, -0.2) is 32.3 Å². The van der Waals surface area contributed by atoms with E-state index in [1.807, 2.05) is 32.2 Å². The van der Waals surface area contributed by atoms with Gasteiger partial charge in [-0.15, -0.1) is 0 Å². The summed E-state index contributed by atoms with van der Waals surface area (Å²) in [5, 5.41) is 18.1. The van der Waals surface area contributed by atoms with Crippen molar-refractivity contribution in [3.63, 3.8) is 0 Å². The van der Waals surface area contributed by atoms with Crippen molar-refractivity contribution in [1.29, 1.82) is 0 Å². The van der Waals surface area contributed by atoms with E-state index in [0.717, 1.165) is 40.8 Å². The van der Waals surface area contributed by atoms with Gasteiger partial charge in [0.25, 0.3) is 5.91 Å². The largest absolute Gasteiger partial charge is 0.508 e. The number of para-hydroxylation sites is 1. The molecule has 3 aromatic rings. The molecule has 0 bridgehead atoms. The minimum atomic E-state index is -0.120. The molecule has 6 heteroatoms. The maximum Gasteiger partial charge on any atom is 0.252 e. The van der Waals surface area contributed by atoms with Gasteiger partial charge in [-0.3, -0.25) is 9.48 Å². The monoisotopic (exact) mass is 350 g/mol. The lowest BCUT2D eigenvalue weighted by Crippen LogP contribution is -2.26. The van der Waals surface area contributed by atoms with Gasteiger partial charge in [-0.25, -0.2) is 4.98 Å². The van der Waals surface area contributed by atoms with Crippen LogP contribution in [0.5, 0.6) is 5.75 Å². The van der Waals surface area contributed by atoms with Crippen molar-refractivity contribution in [1.82, 2.24) is 20.1 Å². The number of carbonyl (C=O) groups excluding carboxylic acids is 1. The van der Waals surface area contributed by atoms with Crippen LogP contribution in [0.4, 0.5) is 0 Å². The Bertz CT molecular complexity index is 989. The molecular weight excluding hydrogens is 328 g/mol. The van der Waals surface area contributed by atoms with Crippen LogP contribution in [-0.2, 0) is 13.5 Å². The van der Waals surface area contributed by atoms with E-state index in [9.17, 15) is 9.90 Å². The molecule has 1 aliphatic carbocycles.